The van der Waals surface area contributed by atoms with Crippen molar-refractivity contribution in [2.24, 2.45) is 0 Å². The Balaban J connectivity index is 1.32. The van der Waals surface area contributed by atoms with E-state index in [0.717, 1.165) is 25.2 Å². The highest BCUT2D eigenvalue weighted by Gasteiger charge is 2.24. The maximum atomic E-state index is 12.5. The van der Waals surface area contributed by atoms with E-state index in [1.165, 1.54) is 16.9 Å². The number of urea groups is 1. The van der Waals surface area contributed by atoms with Gasteiger partial charge in [-0.2, -0.15) is 0 Å². The van der Waals surface area contributed by atoms with E-state index in [-0.39, 0.29) is 30.6 Å². The molecule has 2 unspecified atom stereocenters. The van der Waals surface area contributed by atoms with Gasteiger partial charge in [0.25, 0.3) is 0 Å². The number of nitrogens with zero attached hydrogens (tertiary/aromatic N) is 3. The van der Waals surface area contributed by atoms with E-state index in [4.69, 9.17) is 4.74 Å². The monoisotopic (exact) mass is 443 g/mol. The molecule has 31 heavy (non-hydrogen) atoms. The number of hydrogen-bond acceptors (Lipinski definition) is 6. The van der Waals surface area contributed by atoms with Crippen molar-refractivity contribution in [3.8, 4) is 0 Å². The Hall–Kier alpha value is -2.49. The summed E-state index contributed by atoms with van der Waals surface area (Å²) in [5.74, 6) is -0.0776. The number of carbonyl (C=O) groups is 2. The van der Waals surface area contributed by atoms with Crippen molar-refractivity contribution < 1.29 is 14.3 Å². The lowest BCUT2D eigenvalue weighted by molar-refractivity contribution is -0.120. The fraction of sp³-hybridized carbons (Fsp3) is 0.500. The molecule has 2 N–H and O–H groups in total. The van der Waals surface area contributed by atoms with E-state index in [9.17, 15) is 9.59 Å². The topological polar surface area (TPSA) is 86.8 Å². The van der Waals surface area contributed by atoms with E-state index in [2.05, 4.69) is 46.5 Å². The van der Waals surface area contributed by atoms with Crippen molar-refractivity contribution >= 4 is 28.4 Å². The fourth-order valence-corrected chi connectivity index (χ4v) is 4.96. The third kappa shape index (κ3) is 5.61. The van der Waals surface area contributed by atoms with Gasteiger partial charge in [0.15, 0.2) is 5.13 Å². The first-order valence-electron chi connectivity index (χ1n) is 10.7. The standard InChI is InChI=1S/C22H29N5O3S/c1-15-11-26(12-16(2)30-15)13-18-6-4-3-5-17(18)10-24-20(28)9-19-14-31-22(25-19)27-8-7-23-21(27)29/h3-6,14-16H,7-13H2,1-2H3,(H,23,29)(H,24,28). The van der Waals surface area contributed by atoms with Crippen LogP contribution in [0.3, 0.4) is 0 Å². The minimum atomic E-state index is -0.133. The Morgan fingerprint density at radius 2 is 2.00 bits per heavy atom. The highest BCUT2D eigenvalue weighted by Crippen LogP contribution is 2.22. The normalized spacial score (nSPS) is 21.9. The second kappa shape index (κ2) is 9.76. The van der Waals surface area contributed by atoms with Gasteiger partial charge >= 0.3 is 6.03 Å². The molecule has 2 saturated heterocycles. The summed E-state index contributed by atoms with van der Waals surface area (Å²) in [5, 5.41) is 8.26. The SMILES string of the molecule is CC1CN(Cc2ccccc2CNC(=O)Cc2csc(N3CCNC3=O)n2)CC(C)O1. The fourth-order valence-electron chi connectivity index (χ4n) is 4.11. The van der Waals surface area contributed by atoms with Gasteiger partial charge in [0, 0.05) is 44.6 Å². The lowest BCUT2D eigenvalue weighted by atomic mass is 10.1. The van der Waals surface area contributed by atoms with Crippen LogP contribution in [0.1, 0.15) is 30.7 Å². The van der Waals surface area contributed by atoms with E-state index in [1.807, 2.05) is 17.5 Å². The van der Waals surface area contributed by atoms with Gasteiger partial charge in [0.2, 0.25) is 5.91 Å². The van der Waals surface area contributed by atoms with Crippen molar-refractivity contribution in [1.82, 2.24) is 20.5 Å². The maximum Gasteiger partial charge on any atom is 0.323 e. The molecule has 0 bridgehead atoms. The van der Waals surface area contributed by atoms with Crippen molar-refractivity contribution in [2.75, 3.05) is 31.1 Å². The summed E-state index contributed by atoms with van der Waals surface area (Å²) in [5.41, 5.74) is 3.03. The van der Waals surface area contributed by atoms with Gasteiger partial charge in [-0.3, -0.25) is 14.6 Å². The van der Waals surface area contributed by atoms with Gasteiger partial charge in [-0.25, -0.2) is 9.78 Å². The van der Waals surface area contributed by atoms with Crippen LogP contribution in [-0.2, 0) is 29.0 Å². The van der Waals surface area contributed by atoms with Crippen molar-refractivity contribution in [2.45, 2.75) is 45.6 Å². The Morgan fingerprint density at radius 3 is 2.71 bits per heavy atom. The molecular formula is C22H29N5O3S. The van der Waals surface area contributed by atoms with Crippen LogP contribution in [0.4, 0.5) is 9.93 Å². The molecular weight excluding hydrogens is 414 g/mol. The Bertz CT molecular complexity index is 923. The van der Waals surface area contributed by atoms with Crippen molar-refractivity contribution in [3.05, 3.63) is 46.5 Å². The molecule has 2 fully saturated rings. The molecule has 0 saturated carbocycles. The number of nitrogens with one attached hydrogen (secondary N) is 2. The number of anilines is 1. The number of aromatic nitrogens is 1. The van der Waals surface area contributed by atoms with E-state index in [1.54, 1.807) is 4.90 Å². The molecule has 1 aromatic carbocycles. The van der Waals surface area contributed by atoms with E-state index < -0.39 is 0 Å². The molecule has 3 heterocycles. The average molecular weight is 444 g/mol. The molecule has 2 aliphatic rings. The molecule has 2 atom stereocenters. The predicted molar refractivity (Wildman–Crippen MR) is 120 cm³/mol. The summed E-state index contributed by atoms with van der Waals surface area (Å²) in [6.07, 6.45) is 0.655. The molecule has 8 nitrogen and oxygen atoms in total. The van der Waals surface area contributed by atoms with Crippen LogP contribution in [0.5, 0.6) is 0 Å². The average Bonchev–Trinajstić information content (AvgIpc) is 3.35. The zero-order valence-corrected chi connectivity index (χ0v) is 18.8. The third-order valence-corrected chi connectivity index (χ3v) is 6.36. The Kier molecular flexibility index (Phi) is 6.84. The highest BCUT2D eigenvalue weighted by molar-refractivity contribution is 7.14. The molecule has 9 heteroatoms. The first-order valence-corrected chi connectivity index (χ1v) is 11.6. The summed E-state index contributed by atoms with van der Waals surface area (Å²) < 4.78 is 5.83. The van der Waals surface area contributed by atoms with Gasteiger partial charge in [-0.05, 0) is 25.0 Å². The summed E-state index contributed by atoms with van der Waals surface area (Å²) in [6.45, 7) is 8.58. The van der Waals surface area contributed by atoms with E-state index in [0.29, 0.717) is 30.5 Å². The minimum absolute atomic E-state index is 0.0776. The molecule has 0 spiro atoms. The molecule has 1 aromatic heterocycles. The number of carbonyl (C=O) groups excluding carboxylic acids is 2. The van der Waals surface area contributed by atoms with Crippen LogP contribution in [0.2, 0.25) is 0 Å². The summed E-state index contributed by atoms with van der Waals surface area (Å²) in [6, 6.07) is 8.10. The van der Waals surface area contributed by atoms with Gasteiger partial charge < -0.3 is 15.4 Å². The van der Waals surface area contributed by atoms with Crippen molar-refractivity contribution in [3.63, 3.8) is 0 Å². The number of benzene rings is 1. The van der Waals surface area contributed by atoms with Gasteiger partial charge in [0.1, 0.15) is 0 Å². The van der Waals surface area contributed by atoms with Crippen LogP contribution < -0.4 is 15.5 Å². The van der Waals surface area contributed by atoms with Crippen molar-refractivity contribution in [1.29, 1.82) is 0 Å². The third-order valence-electron chi connectivity index (χ3n) is 5.45. The van der Waals surface area contributed by atoms with Crippen LogP contribution in [-0.4, -0.2) is 60.2 Å². The maximum absolute atomic E-state index is 12.5. The van der Waals surface area contributed by atoms with Crippen LogP contribution >= 0.6 is 11.3 Å². The van der Waals surface area contributed by atoms with Crippen LogP contribution in [0.25, 0.3) is 0 Å². The lowest BCUT2D eigenvalue weighted by Gasteiger charge is -2.35. The molecule has 4 rings (SSSR count). The number of rotatable bonds is 7. The first kappa shape index (κ1) is 21.7. The number of thiazole rings is 1. The van der Waals surface area contributed by atoms with Crippen LogP contribution in [0.15, 0.2) is 29.6 Å². The summed E-state index contributed by atoms with van der Waals surface area (Å²) in [4.78, 5) is 32.7. The predicted octanol–water partition coefficient (Wildman–Crippen LogP) is 2.14. The van der Waals surface area contributed by atoms with Crippen LogP contribution in [0, 0.1) is 0 Å². The second-order valence-corrected chi connectivity index (χ2v) is 9.02. The second-order valence-electron chi connectivity index (χ2n) is 8.18. The van der Waals surface area contributed by atoms with Gasteiger partial charge in [-0.15, -0.1) is 11.3 Å². The molecule has 166 valence electrons. The molecule has 0 radical (unpaired) electrons. The first-order chi connectivity index (χ1) is 15.0. The molecule has 3 amide bonds. The van der Waals surface area contributed by atoms with Gasteiger partial charge in [-0.1, -0.05) is 24.3 Å². The zero-order chi connectivity index (χ0) is 21.8. The van der Waals surface area contributed by atoms with E-state index >= 15 is 0 Å². The minimum Gasteiger partial charge on any atom is -0.373 e. The summed E-state index contributed by atoms with van der Waals surface area (Å²) >= 11 is 1.39. The highest BCUT2D eigenvalue weighted by atomic mass is 32.1. The number of amides is 3. The summed E-state index contributed by atoms with van der Waals surface area (Å²) in [7, 11) is 0. The number of hydrogen-bond donors (Lipinski definition) is 2. The molecule has 2 aromatic rings. The number of ether oxygens (including phenoxy) is 1. The number of morpholine rings is 1. The Labute approximate surface area is 186 Å². The largest absolute Gasteiger partial charge is 0.373 e. The molecule has 2 aliphatic heterocycles. The lowest BCUT2D eigenvalue weighted by Crippen LogP contribution is -2.45. The smallest absolute Gasteiger partial charge is 0.323 e. The zero-order valence-electron chi connectivity index (χ0n) is 18.0. The quantitative estimate of drug-likeness (QED) is 0.685. The van der Waals surface area contributed by atoms with Gasteiger partial charge in [0.05, 0.1) is 24.3 Å². The Morgan fingerprint density at radius 1 is 1.26 bits per heavy atom. The molecule has 0 aliphatic carbocycles.